The lowest BCUT2D eigenvalue weighted by Crippen LogP contribution is -2.49. The molecule has 0 amide bonds. The molecule has 114 valence electrons. The minimum Gasteiger partial charge on any atom is -0.327 e. The maximum Gasteiger partial charge on any atom is 0.00724 e. The summed E-state index contributed by atoms with van der Waals surface area (Å²) in [6.45, 7) is 0. The molecule has 2 N–H and O–H groups in total. The average molecular weight is 275 g/mol. The molecule has 0 spiro atoms. The third kappa shape index (κ3) is 2.56. The minimum absolute atomic E-state index is 0.518. The SMILES string of the molecule is NC(CC12CC3CC(CC(C3)C1)C2)C1CCCCCC1. The van der Waals surface area contributed by atoms with Gasteiger partial charge in [-0.25, -0.2) is 0 Å². The molecule has 0 aromatic rings. The van der Waals surface area contributed by atoms with Gasteiger partial charge in [0.2, 0.25) is 0 Å². The molecule has 1 atom stereocenters. The Labute approximate surface area is 125 Å². The van der Waals surface area contributed by atoms with Gasteiger partial charge in [-0.3, -0.25) is 0 Å². The Kier molecular flexibility index (Phi) is 3.61. The highest BCUT2D eigenvalue weighted by Gasteiger charge is 2.51. The zero-order chi connectivity index (χ0) is 13.6. The van der Waals surface area contributed by atoms with Crippen molar-refractivity contribution in [3.8, 4) is 0 Å². The quantitative estimate of drug-likeness (QED) is 0.729. The number of nitrogens with two attached hydrogens (primary N) is 1. The van der Waals surface area contributed by atoms with Crippen molar-refractivity contribution in [3.05, 3.63) is 0 Å². The molecule has 20 heavy (non-hydrogen) atoms. The van der Waals surface area contributed by atoms with E-state index in [4.69, 9.17) is 5.73 Å². The van der Waals surface area contributed by atoms with E-state index >= 15 is 0 Å². The molecule has 1 unspecified atom stereocenters. The topological polar surface area (TPSA) is 26.0 Å². The van der Waals surface area contributed by atoms with Crippen LogP contribution in [0.1, 0.15) is 83.5 Å². The number of rotatable bonds is 3. The van der Waals surface area contributed by atoms with E-state index in [1.807, 2.05) is 0 Å². The number of hydrogen-bond donors (Lipinski definition) is 1. The van der Waals surface area contributed by atoms with Gasteiger partial charge >= 0.3 is 0 Å². The van der Waals surface area contributed by atoms with Gasteiger partial charge in [0, 0.05) is 6.04 Å². The standard InChI is InChI=1S/C19H33N/c20-18(17-5-3-1-2-4-6-17)13-19-10-14-7-15(11-19)9-16(8-14)12-19/h14-18H,1-13,20H2. The summed E-state index contributed by atoms with van der Waals surface area (Å²) in [5, 5.41) is 0. The molecule has 0 aromatic carbocycles. The van der Waals surface area contributed by atoms with E-state index in [1.165, 1.54) is 44.9 Å². The van der Waals surface area contributed by atoms with Crippen molar-refractivity contribution in [2.45, 2.75) is 89.5 Å². The fraction of sp³-hybridized carbons (Fsp3) is 1.00. The summed E-state index contributed by atoms with van der Waals surface area (Å²) in [5.74, 6) is 4.11. The summed E-state index contributed by atoms with van der Waals surface area (Å²) in [7, 11) is 0. The largest absolute Gasteiger partial charge is 0.327 e. The van der Waals surface area contributed by atoms with E-state index in [9.17, 15) is 0 Å². The lowest BCUT2D eigenvalue weighted by molar-refractivity contribution is -0.0631. The van der Waals surface area contributed by atoms with Crippen molar-refractivity contribution >= 4 is 0 Å². The van der Waals surface area contributed by atoms with Crippen molar-refractivity contribution in [2.24, 2.45) is 34.8 Å². The third-order valence-electron chi connectivity index (χ3n) is 7.34. The second-order valence-corrected chi connectivity index (χ2v) is 9.04. The molecular formula is C19H33N. The average Bonchev–Trinajstić information content (AvgIpc) is 2.65. The fourth-order valence-corrected chi connectivity index (χ4v) is 6.95. The molecule has 5 fully saturated rings. The Balaban J connectivity index is 1.42. The van der Waals surface area contributed by atoms with Gasteiger partial charge in [0.05, 0.1) is 0 Å². The smallest absolute Gasteiger partial charge is 0.00724 e. The van der Waals surface area contributed by atoms with Crippen molar-refractivity contribution < 1.29 is 0 Å². The first-order valence-electron chi connectivity index (χ1n) is 9.48. The number of hydrogen-bond acceptors (Lipinski definition) is 1. The highest BCUT2D eigenvalue weighted by molar-refractivity contribution is 5.02. The molecule has 5 saturated carbocycles. The van der Waals surface area contributed by atoms with E-state index < -0.39 is 0 Å². The second kappa shape index (κ2) is 5.30. The maximum absolute atomic E-state index is 6.74. The molecule has 0 saturated heterocycles. The van der Waals surface area contributed by atoms with Crippen LogP contribution < -0.4 is 5.73 Å². The Bertz CT molecular complexity index is 304. The van der Waals surface area contributed by atoms with E-state index in [0.29, 0.717) is 11.5 Å². The van der Waals surface area contributed by atoms with Gasteiger partial charge in [-0.1, -0.05) is 25.7 Å². The zero-order valence-corrected chi connectivity index (χ0v) is 13.2. The first kappa shape index (κ1) is 13.6. The molecule has 0 heterocycles. The van der Waals surface area contributed by atoms with Crippen LogP contribution >= 0.6 is 0 Å². The molecule has 5 aliphatic carbocycles. The fourth-order valence-electron chi connectivity index (χ4n) is 6.95. The summed E-state index contributed by atoms with van der Waals surface area (Å²) in [6.07, 6.45) is 19.4. The summed E-state index contributed by atoms with van der Waals surface area (Å²) in [4.78, 5) is 0. The Hall–Kier alpha value is -0.0400. The van der Waals surface area contributed by atoms with Crippen molar-refractivity contribution in [1.29, 1.82) is 0 Å². The molecule has 1 nitrogen and oxygen atoms in total. The summed E-state index contributed by atoms with van der Waals surface area (Å²) >= 11 is 0. The van der Waals surface area contributed by atoms with Crippen LogP contribution in [0.15, 0.2) is 0 Å². The van der Waals surface area contributed by atoms with Crippen LogP contribution in [-0.4, -0.2) is 6.04 Å². The summed E-state index contributed by atoms with van der Waals surface area (Å²) in [6, 6.07) is 0.518. The summed E-state index contributed by atoms with van der Waals surface area (Å²) < 4.78 is 0. The van der Waals surface area contributed by atoms with Crippen LogP contribution in [-0.2, 0) is 0 Å². The Morgan fingerprint density at radius 1 is 0.800 bits per heavy atom. The van der Waals surface area contributed by atoms with Crippen molar-refractivity contribution in [3.63, 3.8) is 0 Å². The minimum atomic E-state index is 0.518. The first-order chi connectivity index (χ1) is 9.72. The monoisotopic (exact) mass is 275 g/mol. The lowest BCUT2D eigenvalue weighted by Gasteiger charge is -2.58. The Morgan fingerprint density at radius 2 is 1.30 bits per heavy atom. The molecule has 5 aliphatic rings. The second-order valence-electron chi connectivity index (χ2n) is 9.04. The molecule has 4 bridgehead atoms. The molecular weight excluding hydrogens is 242 g/mol. The highest BCUT2D eigenvalue weighted by atomic mass is 14.7. The van der Waals surface area contributed by atoms with Gasteiger partial charge in [0.1, 0.15) is 0 Å². The van der Waals surface area contributed by atoms with E-state index in [0.717, 1.165) is 23.7 Å². The van der Waals surface area contributed by atoms with Gasteiger partial charge in [0.15, 0.2) is 0 Å². The van der Waals surface area contributed by atoms with Crippen molar-refractivity contribution in [2.75, 3.05) is 0 Å². The van der Waals surface area contributed by atoms with Crippen LogP contribution in [0.3, 0.4) is 0 Å². The van der Waals surface area contributed by atoms with Crippen LogP contribution in [0.2, 0.25) is 0 Å². The van der Waals surface area contributed by atoms with E-state index in [-0.39, 0.29) is 0 Å². The molecule has 0 aromatic heterocycles. The zero-order valence-electron chi connectivity index (χ0n) is 13.2. The third-order valence-corrected chi connectivity index (χ3v) is 7.34. The molecule has 0 radical (unpaired) electrons. The van der Waals surface area contributed by atoms with Crippen LogP contribution in [0.5, 0.6) is 0 Å². The maximum atomic E-state index is 6.74. The van der Waals surface area contributed by atoms with Crippen molar-refractivity contribution in [1.82, 2.24) is 0 Å². The predicted octanol–water partition coefficient (Wildman–Crippen LogP) is 4.89. The van der Waals surface area contributed by atoms with E-state index in [2.05, 4.69) is 0 Å². The highest BCUT2D eigenvalue weighted by Crippen LogP contribution is 2.61. The summed E-state index contributed by atoms with van der Waals surface area (Å²) in [5.41, 5.74) is 7.43. The van der Waals surface area contributed by atoms with Gasteiger partial charge in [0.25, 0.3) is 0 Å². The first-order valence-corrected chi connectivity index (χ1v) is 9.48. The van der Waals surface area contributed by atoms with Gasteiger partial charge in [-0.15, -0.1) is 0 Å². The van der Waals surface area contributed by atoms with E-state index in [1.54, 1.807) is 38.5 Å². The van der Waals surface area contributed by atoms with Gasteiger partial charge in [-0.2, -0.15) is 0 Å². The normalized spacial score (nSPS) is 46.4. The molecule has 1 heteroatoms. The van der Waals surface area contributed by atoms with Crippen LogP contribution in [0, 0.1) is 29.1 Å². The molecule has 0 aliphatic heterocycles. The predicted molar refractivity (Wildman–Crippen MR) is 84.4 cm³/mol. The van der Waals surface area contributed by atoms with Crippen LogP contribution in [0.25, 0.3) is 0 Å². The Morgan fingerprint density at radius 3 is 1.80 bits per heavy atom. The van der Waals surface area contributed by atoms with Gasteiger partial charge in [-0.05, 0) is 86.9 Å². The van der Waals surface area contributed by atoms with Crippen LogP contribution in [0.4, 0.5) is 0 Å². The lowest BCUT2D eigenvalue weighted by atomic mass is 9.48. The van der Waals surface area contributed by atoms with Gasteiger partial charge < -0.3 is 5.73 Å². The molecule has 5 rings (SSSR count).